The Kier molecular flexibility index (Phi) is 5.11. The average molecular weight is 464 g/mol. The summed E-state index contributed by atoms with van der Waals surface area (Å²) >= 11 is 0. The summed E-state index contributed by atoms with van der Waals surface area (Å²) in [5.74, 6) is -4.32. The molecule has 0 amide bonds. The van der Waals surface area contributed by atoms with Crippen LogP contribution in [0.1, 0.15) is 33.6 Å². The number of hydrogen-bond acceptors (Lipinski definition) is 7. The number of esters is 2. The molecule has 4 aliphatic rings. The van der Waals surface area contributed by atoms with Crippen LogP contribution in [0.4, 0.5) is 8.78 Å². The number of aliphatic hydroxyl groups is 2. The van der Waals surface area contributed by atoms with E-state index in [1.54, 1.807) is 0 Å². The lowest BCUT2D eigenvalue weighted by atomic mass is 9.46. The number of carbonyl (C=O) groups excluding carboxylic acids is 3. The van der Waals surface area contributed by atoms with Gasteiger partial charge in [-0.25, -0.2) is 13.6 Å². The van der Waals surface area contributed by atoms with E-state index in [0.29, 0.717) is 0 Å². The van der Waals surface area contributed by atoms with Crippen molar-refractivity contribution in [2.45, 2.75) is 51.0 Å². The van der Waals surface area contributed by atoms with Gasteiger partial charge >= 0.3 is 11.9 Å². The van der Waals surface area contributed by atoms with Crippen LogP contribution in [-0.2, 0) is 23.9 Å². The Morgan fingerprint density at radius 3 is 2.61 bits per heavy atom. The molecule has 33 heavy (non-hydrogen) atoms. The van der Waals surface area contributed by atoms with E-state index in [2.05, 4.69) is 11.3 Å². The number of hydrogen-bond donors (Lipinski definition) is 2. The van der Waals surface area contributed by atoms with Crippen LogP contribution in [0.2, 0.25) is 0 Å². The normalized spacial score (nSPS) is 43.7. The molecular formula is C24H26F2O7. The van der Waals surface area contributed by atoms with Gasteiger partial charge in [0.25, 0.3) is 0 Å². The van der Waals surface area contributed by atoms with Gasteiger partial charge in [-0.05, 0) is 49.5 Å². The van der Waals surface area contributed by atoms with Crippen molar-refractivity contribution in [3.8, 4) is 0 Å². The predicted molar refractivity (Wildman–Crippen MR) is 111 cm³/mol. The van der Waals surface area contributed by atoms with E-state index in [0.717, 1.165) is 0 Å². The Bertz CT molecular complexity index is 1060. The molecule has 0 aromatic heterocycles. The molecule has 0 bridgehead atoms. The molecule has 0 saturated heterocycles. The third kappa shape index (κ3) is 2.75. The molecular weight excluding hydrogens is 438 g/mol. The van der Waals surface area contributed by atoms with E-state index in [4.69, 9.17) is 4.74 Å². The number of ketones is 1. The first-order valence-electron chi connectivity index (χ1n) is 10.6. The molecule has 0 aromatic carbocycles. The van der Waals surface area contributed by atoms with Crippen molar-refractivity contribution >= 4 is 17.7 Å². The molecule has 0 aromatic rings. The molecule has 7 nitrogen and oxygen atoms in total. The molecule has 2 N–H and O–H groups in total. The van der Waals surface area contributed by atoms with Crippen molar-refractivity contribution < 1.29 is 42.9 Å². The Morgan fingerprint density at radius 1 is 1.33 bits per heavy atom. The van der Waals surface area contributed by atoms with E-state index in [1.165, 1.54) is 45.1 Å². The van der Waals surface area contributed by atoms with Gasteiger partial charge in [-0.15, -0.1) is 0 Å². The van der Waals surface area contributed by atoms with Gasteiger partial charge in [0.05, 0.1) is 11.5 Å². The first-order valence-corrected chi connectivity index (χ1v) is 10.6. The maximum absolute atomic E-state index is 17.2. The van der Waals surface area contributed by atoms with Crippen molar-refractivity contribution in [2.75, 3.05) is 6.86 Å². The third-order valence-corrected chi connectivity index (χ3v) is 8.20. The van der Waals surface area contributed by atoms with Gasteiger partial charge in [0.1, 0.15) is 5.76 Å². The summed E-state index contributed by atoms with van der Waals surface area (Å²) < 4.78 is 39.8. The lowest BCUT2D eigenvalue weighted by Gasteiger charge is -2.60. The molecule has 4 rings (SSSR count). The summed E-state index contributed by atoms with van der Waals surface area (Å²) in [4.78, 5) is 36.5. The van der Waals surface area contributed by atoms with Crippen molar-refractivity contribution in [1.29, 1.82) is 0 Å². The fourth-order valence-electron chi connectivity index (χ4n) is 6.50. The zero-order valence-electron chi connectivity index (χ0n) is 18.6. The fourth-order valence-corrected chi connectivity index (χ4v) is 6.50. The molecule has 0 unspecified atom stereocenters. The minimum atomic E-state index is -2.38. The van der Waals surface area contributed by atoms with Gasteiger partial charge in [0.15, 0.2) is 17.1 Å². The van der Waals surface area contributed by atoms with E-state index >= 15 is 4.39 Å². The molecule has 0 aliphatic heterocycles. The molecule has 9 heteroatoms. The number of fused-ring (bicyclic) bond motifs is 5. The minimum absolute atomic E-state index is 0.0148. The van der Waals surface area contributed by atoms with Gasteiger partial charge in [0.2, 0.25) is 6.86 Å². The van der Waals surface area contributed by atoms with Gasteiger partial charge in [-0.2, -0.15) is 0 Å². The SMILES string of the molecule is C=C1C[C@H]2[C@@H]3C=C(OC(C)=O)C4=CC(=O)C=C[C@]4(C)[C@@]3(F)[C@@H](O)C[C@]2(C)[C@@]1(O)C(=O)OCF. The zero-order valence-corrected chi connectivity index (χ0v) is 18.6. The summed E-state index contributed by atoms with van der Waals surface area (Å²) in [5.41, 5.74) is -7.59. The van der Waals surface area contributed by atoms with E-state index in [1.807, 2.05) is 0 Å². The Balaban J connectivity index is 1.94. The van der Waals surface area contributed by atoms with Crippen LogP contribution in [-0.4, -0.2) is 52.2 Å². The van der Waals surface area contributed by atoms with Crippen LogP contribution in [0.3, 0.4) is 0 Å². The summed E-state index contributed by atoms with van der Waals surface area (Å²) in [6.07, 6.45) is 2.99. The monoisotopic (exact) mass is 464 g/mol. The van der Waals surface area contributed by atoms with Gasteiger partial charge < -0.3 is 19.7 Å². The number of halogens is 2. The largest absolute Gasteiger partial charge is 0.431 e. The Morgan fingerprint density at radius 2 is 2.00 bits per heavy atom. The number of aliphatic hydroxyl groups excluding tert-OH is 1. The molecule has 7 atom stereocenters. The van der Waals surface area contributed by atoms with Crippen LogP contribution in [0, 0.1) is 22.7 Å². The van der Waals surface area contributed by atoms with E-state index < -0.39 is 64.6 Å². The molecule has 2 saturated carbocycles. The highest BCUT2D eigenvalue weighted by molar-refractivity contribution is 6.02. The summed E-state index contributed by atoms with van der Waals surface area (Å²) in [7, 11) is 0. The predicted octanol–water partition coefficient (Wildman–Crippen LogP) is 2.39. The lowest BCUT2D eigenvalue weighted by molar-refractivity contribution is -0.212. The highest BCUT2D eigenvalue weighted by Crippen LogP contribution is 2.70. The standard InChI is InChI=1S/C24H26F2O7/c1-12-7-15-16-9-18(33-13(2)27)17-8-14(28)5-6-21(17,3)23(16,26)19(29)10-22(15,4)24(12,31)20(30)32-11-25/h5-6,8-9,15-16,19,29,31H,1,7,10-11H2,2-4H3/t15-,16-,19-,21-,22-,23-,24-/m0/s1. The second-order valence-corrected chi connectivity index (χ2v) is 9.72. The van der Waals surface area contributed by atoms with Crippen LogP contribution in [0.15, 0.2) is 47.8 Å². The fraction of sp³-hybridized carbons (Fsp3) is 0.542. The van der Waals surface area contributed by atoms with Gasteiger partial charge in [0, 0.05) is 23.8 Å². The summed E-state index contributed by atoms with van der Waals surface area (Å²) in [6, 6.07) is 0. The summed E-state index contributed by atoms with van der Waals surface area (Å²) in [5, 5.41) is 22.6. The molecule has 0 radical (unpaired) electrons. The van der Waals surface area contributed by atoms with Crippen molar-refractivity contribution in [1.82, 2.24) is 0 Å². The van der Waals surface area contributed by atoms with Crippen molar-refractivity contribution in [3.05, 3.63) is 47.8 Å². The second-order valence-electron chi connectivity index (χ2n) is 9.72. The van der Waals surface area contributed by atoms with Crippen molar-refractivity contribution in [2.24, 2.45) is 22.7 Å². The Labute approximate surface area is 189 Å². The molecule has 4 aliphatic carbocycles. The number of ether oxygens (including phenoxy) is 2. The minimum Gasteiger partial charge on any atom is -0.431 e. The average Bonchev–Trinajstić information content (AvgIpc) is 2.93. The first kappa shape index (κ1) is 23.5. The van der Waals surface area contributed by atoms with E-state index in [9.17, 15) is 29.0 Å². The van der Waals surface area contributed by atoms with Crippen LogP contribution in [0.5, 0.6) is 0 Å². The number of carbonyl (C=O) groups is 3. The molecule has 0 spiro atoms. The summed E-state index contributed by atoms with van der Waals surface area (Å²) in [6.45, 7) is 6.50. The third-order valence-electron chi connectivity index (χ3n) is 8.20. The topological polar surface area (TPSA) is 110 Å². The molecule has 0 heterocycles. The zero-order chi connectivity index (χ0) is 24.6. The van der Waals surface area contributed by atoms with Crippen LogP contribution < -0.4 is 0 Å². The van der Waals surface area contributed by atoms with Crippen LogP contribution >= 0.6 is 0 Å². The highest BCUT2D eigenvalue weighted by Gasteiger charge is 2.76. The highest BCUT2D eigenvalue weighted by atomic mass is 19.1. The van der Waals surface area contributed by atoms with E-state index in [-0.39, 0.29) is 29.7 Å². The smallest absolute Gasteiger partial charge is 0.345 e. The number of alkyl halides is 2. The van der Waals surface area contributed by atoms with Crippen molar-refractivity contribution in [3.63, 3.8) is 0 Å². The first-order chi connectivity index (χ1) is 15.3. The Hall–Kier alpha value is -2.65. The lowest BCUT2D eigenvalue weighted by Crippen LogP contribution is -2.68. The number of allylic oxidation sites excluding steroid dienone is 5. The maximum atomic E-state index is 17.2. The van der Waals surface area contributed by atoms with Gasteiger partial charge in [-0.1, -0.05) is 19.6 Å². The molecule has 178 valence electrons. The van der Waals surface area contributed by atoms with Crippen LogP contribution in [0.25, 0.3) is 0 Å². The maximum Gasteiger partial charge on any atom is 0.345 e. The van der Waals surface area contributed by atoms with Gasteiger partial charge in [-0.3, -0.25) is 9.59 Å². The molecule has 2 fully saturated rings. The second kappa shape index (κ2) is 7.17. The number of rotatable bonds is 3. The quantitative estimate of drug-likeness (QED) is 0.488.